The first-order chi connectivity index (χ1) is 11.0. The van der Waals surface area contributed by atoms with Crippen molar-refractivity contribution in [2.45, 2.75) is 6.92 Å². The maximum absolute atomic E-state index is 12.0. The van der Waals surface area contributed by atoms with E-state index in [1.165, 1.54) is 11.3 Å². The lowest BCUT2D eigenvalue weighted by Crippen LogP contribution is -2.05. The molecule has 118 valence electrons. The lowest BCUT2D eigenvalue weighted by molar-refractivity contribution is 0.432. The van der Waals surface area contributed by atoms with Gasteiger partial charge >= 0.3 is 5.63 Å². The predicted molar refractivity (Wildman–Crippen MR) is 94.9 cm³/mol. The van der Waals surface area contributed by atoms with E-state index in [0.717, 1.165) is 5.69 Å². The summed E-state index contributed by atoms with van der Waals surface area (Å²) in [4.78, 5) is 16.3. The molecule has 0 spiro atoms. The average molecular weight is 414 g/mol. The highest BCUT2D eigenvalue weighted by atomic mass is 79.9. The van der Waals surface area contributed by atoms with Crippen LogP contribution in [0.3, 0.4) is 0 Å². The van der Waals surface area contributed by atoms with Crippen LogP contribution in [0.4, 0.5) is 10.8 Å². The fraction of sp³-hybridized carbons (Fsp3) is 0.0667. The quantitative estimate of drug-likeness (QED) is 0.636. The zero-order valence-corrected chi connectivity index (χ0v) is 14.9. The Hall–Kier alpha value is -1.83. The smallest absolute Gasteiger partial charge is 0.349 e. The summed E-state index contributed by atoms with van der Waals surface area (Å²) in [6.45, 7) is 1.59. The molecule has 0 atom stereocenters. The van der Waals surface area contributed by atoms with Gasteiger partial charge in [-0.25, -0.2) is 9.78 Å². The lowest BCUT2D eigenvalue weighted by Gasteiger charge is -2.04. The SMILES string of the molecule is Cc1oc(=O)c(-c2csc(Nc3ccc(Cl)cc3)n2)c(O)c1Br. The fourth-order valence-electron chi connectivity index (χ4n) is 1.94. The number of hydrogen-bond acceptors (Lipinski definition) is 6. The van der Waals surface area contributed by atoms with Gasteiger partial charge in [0.2, 0.25) is 0 Å². The molecule has 0 saturated carbocycles. The molecule has 0 aliphatic rings. The van der Waals surface area contributed by atoms with Gasteiger partial charge in [0.05, 0.1) is 10.2 Å². The molecule has 2 heterocycles. The minimum atomic E-state index is -0.633. The Morgan fingerprint density at radius 1 is 1.35 bits per heavy atom. The second-order valence-corrected chi connectivity index (χ2v) is 6.74. The molecule has 23 heavy (non-hydrogen) atoms. The molecular weight excluding hydrogens is 404 g/mol. The largest absolute Gasteiger partial charge is 0.506 e. The molecule has 2 aromatic heterocycles. The number of halogens is 2. The highest BCUT2D eigenvalue weighted by Gasteiger charge is 2.19. The summed E-state index contributed by atoms with van der Waals surface area (Å²) in [7, 11) is 0. The summed E-state index contributed by atoms with van der Waals surface area (Å²) in [6.07, 6.45) is 0. The van der Waals surface area contributed by atoms with Crippen LogP contribution in [0, 0.1) is 6.92 Å². The maximum atomic E-state index is 12.0. The summed E-state index contributed by atoms with van der Waals surface area (Å²) < 4.78 is 5.42. The van der Waals surface area contributed by atoms with Gasteiger partial charge in [0, 0.05) is 16.1 Å². The van der Waals surface area contributed by atoms with E-state index < -0.39 is 5.63 Å². The van der Waals surface area contributed by atoms with Crippen LogP contribution in [0.15, 0.2) is 43.3 Å². The Balaban J connectivity index is 1.95. The molecule has 2 N–H and O–H groups in total. The second kappa shape index (κ2) is 6.35. The van der Waals surface area contributed by atoms with E-state index in [2.05, 4.69) is 26.2 Å². The molecule has 8 heteroatoms. The third kappa shape index (κ3) is 3.26. The Bertz CT molecular complexity index is 921. The highest BCUT2D eigenvalue weighted by molar-refractivity contribution is 9.10. The number of aryl methyl sites for hydroxylation is 1. The number of thiazole rings is 1. The minimum Gasteiger partial charge on any atom is -0.506 e. The standard InChI is InChI=1S/C15H10BrClN2O3S/c1-7-12(16)13(20)11(14(21)22-7)10-6-23-15(19-10)18-9-4-2-8(17)3-5-9/h2-6,20H,1H3,(H,18,19). The van der Waals surface area contributed by atoms with Crippen LogP contribution in [0.25, 0.3) is 11.3 Å². The predicted octanol–water partition coefficient (Wildman–Crippen LogP) is 4.94. The topological polar surface area (TPSA) is 75.4 Å². The van der Waals surface area contributed by atoms with Crippen molar-refractivity contribution in [2.24, 2.45) is 0 Å². The summed E-state index contributed by atoms with van der Waals surface area (Å²) >= 11 is 10.3. The minimum absolute atomic E-state index is 0.0304. The second-order valence-electron chi connectivity index (χ2n) is 4.65. The van der Waals surface area contributed by atoms with E-state index in [9.17, 15) is 9.90 Å². The van der Waals surface area contributed by atoms with Crippen LogP contribution in [-0.2, 0) is 0 Å². The molecule has 0 aliphatic carbocycles. The van der Waals surface area contributed by atoms with E-state index in [0.29, 0.717) is 26.1 Å². The van der Waals surface area contributed by atoms with E-state index in [-0.39, 0.29) is 11.3 Å². The fourth-order valence-corrected chi connectivity index (χ4v) is 3.06. The molecule has 0 bridgehead atoms. The number of nitrogens with one attached hydrogen (secondary N) is 1. The van der Waals surface area contributed by atoms with Gasteiger partial charge in [0.15, 0.2) is 5.13 Å². The van der Waals surface area contributed by atoms with Gasteiger partial charge in [-0.15, -0.1) is 11.3 Å². The molecule has 0 radical (unpaired) electrons. The van der Waals surface area contributed by atoms with Crippen LogP contribution < -0.4 is 10.9 Å². The van der Waals surface area contributed by atoms with Crippen molar-refractivity contribution in [1.29, 1.82) is 0 Å². The number of aromatic hydroxyl groups is 1. The van der Waals surface area contributed by atoms with E-state index in [1.807, 2.05) is 12.1 Å². The van der Waals surface area contributed by atoms with Crippen LogP contribution in [0.5, 0.6) is 5.75 Å². The van der Waals surface area contributed by atoms with Gasteiger partial charge in [-0.05, 0) is 47.1 Å². The monoisotopic (exact) mass is 412 g/mol. The van der Waals surface area contributed by atoms with Gasteiger partial charge in [-0.3, -0.25) is 0 Å². The van der Waals surface area contributed by atoms with Crippen molar-refractivity contribution >= 4 is 49.7 Å². The first-order valence-corrected chi connectivity index (χ1v) is 8.51. The van der Waals surface area contributed by atoms with Crippen molar-refractivity contribution in [1.82, 2.24) is 4.98 Å². The number of anilines is 2. The summed E-state index contributed by atoms with van der Waals surface area (Å²) in [5.41, 5.74) is 0.560. The zero-order chi connectivity index (χ0) is 16.6. The molecule has 3 rings (SSSR count). The van der Waals surface area contributed by atoms with E-state index >= 15 is 0 Å². The third-order valence-corrected chi connectivity index (χ3v) is 5.00. The molecule has 5 nitrogen and oxygen atoms in total. The Morgan fingerprint density at radius 2 is 2.04 bits per heavy atom. The average Bonchev–Trinajstić information content (AvgIpc) is 2.95. The first kappa shape index (κ1) is 16.0. The Morgan fingerprint density at radius 3 is 2.74 bits per heavy atom. The van der Waals surface area contributed by atoms with E-state index in [4.69, 9.17) is 16.0 Å². The first-order valence-electron chi connectivity index (χ1n) is 6.46. The van der Waals surface area contributed by atoms with Gasteiger partial charge in [-0.1, -0.05) is 11.6 Å². The normalized spacial score (nSPS) is 10.7. The van der Waals surface area contributed by atoms with Gasteiger partial charge in [0.1, 0.15) is 17.1 Å². The van der Waals surface area contributed by atoms with Crippen molar-refractivity contribution in [2.75, 3.05) is 5.32 Å². The van der Waals surface area contributed by atoms with E-state index in [1.54, 1.807) is 24.4 Å². The van der Waals surface area contributed by atoms with Crippen molar-refractivity contribution in [3.05, 3.63) is 55.3 Å². The molecule has 3 aromatic rings. The molecule has 1 aromatic carbocycles. The number of nitrogens with zero attached hydrogens (tertiary/aromatic N) is 1. The van der Waals surface area contributed by atoms with Crippen LogP contribution in [0.2, 0.25) is 5.02 Å². The number of hydrogen-bond donors (Lipinski definition) is 2. The summed E-state index contributed by atoms with van der Waals surface area (Å²) in [5, 5.41) is 16.2. The van der Waals surface area contributed by atoms with Crippen molar-refractivity contribution in [3.8, 4) is 17.0 Å². The van der Waals surface area contributed by atoms with Gasteiger partial charge in [-0.2, -0.15) is 0 Å². The molecule has 0 saturated heterocycles. The van der Waals surface area contributed by atoms with Crippen molar-refractivity contribution in [3.63, 3.8) is 0 Å². The number of aromatic nitrogens is 1. The van der Waals surface area contributed by atoms with Gasteiger partial charge < -0.3 is 14.8 Å². The lowest BCUT2D eigenvalue weighted by atomic mass is 10.2. The van der Waals surface area contributed by atoms with Gasteiger partial charge in [0.25, 0.3) is 0 Å². The molecule has 0 unspecified atom stereocenters. The molecular formula is C15H10BrClN2O3S. The Labute approximate surface area is 148 Å². The molecule has 0 fully saturated rings. The number of benzene rings is 1. The summed E-state index contributed by atoms with van der Waals surface area (Å²) in [6, 6.07) is 7.15. The number of rotatable bonds is 3. The Kier molecular flexibility index (Phi) is 4.43. The highest BCUT2D eigenvalue weighted by Crippen LogP contribution is 2.36. The third-order valence-electron chi connectivity index (χ3n) is 3.06. The maximum Gasteiger partial charge on any atom is 0.349 e. The van der Waals surface area contributed by atoms with Crippen molar-refractivity contribution < 1.29 is 9.52 Å². The van der Waals surface area contributed by atoms with Crippen LogP contribution in [0.1, 0.15) is 5.76 Å². The zero-order valence-electron chi connectivity index (χ0n) is 11.8. The molecule has 0 amide bonds. The van der Waals surface area contributed by atoms with Crippen LogP contribution in [-0.4, -0.2) is 10.1 Å². The summed E-state index contributed by atoms with van der Waals surface area (Å²) in [5.74, 6) is 0.132. The molecule has 0 aliphatic heterocycles. The van der Waals surface area contributed by atoms with Crippen LogP contribution >= 0.6 is 38.9 Å².